The van der Waals surface area contributed by atoms with Crippen molar-refractivity contribution < 1.29 is 42.8 Å². The van der Waals surface area contributed by atoms with Crippen LogP contribution < -0.4 is 34.3 Å². The monoisotopic (exact) mass is 472 g/mol. The zero-order valence-electron chi connectivity index (χ0n) is 18.8. The number of hydrogen-bond acceptors (Lipinski definition) is 9. The van der Waals surface area contributed by atoms with E-state index in [2.05, 4.69) is 10.6 Å². The third kappa shape index (κ3) is 6.31. The Balaban J connectivity index is 1.49. The summed E-state index contributed by atoms with van der Waals surface area (Å²) in [5.41, 5.74) is 0.929. The minimum Gasteiger partial charge on any atom is -0.496 e. The van der Waals surface area contributed by atoms with E-state index in [-0.39, 0.29) is 0 Å². The summed E-state index contributed by atoms with van der Waals surface area (Å²) in [6, 6.07) is 7.27. The Bertz CT molecular complexity index is 1100. The van der Waals surface area contributed by atoms with Gasteiger partial charge in [-0.1, -0.05) is 0 Å². The van der Waals surface area contributed by atoms with E-state index in [9.17, 15) is 14.4 Å². The lowest BCUT2D eigenvalue weighted by molar-refractivity contribution is -0.143. The molecule has 1 aliphatic heterocycles. The predicted molar refractivity (Wildman–Crippen MR) is 121 cm³/mol. The summed E-state index contributed by atoms with van der Waals surface area (Å²) in [4.78, 5) is 36.0. The van der Waals surface area contributed by atoms with E-state index in [0.29, 0.717) is 53.2 Å². The van der Waals surface area contributed by atoms with Gasteiger partial charge in [0.1, 0.15) is 19.0 Å². The van der Waals surface area contributed by atoms with E-state index in [1.165, 1.54) is 27.4 Å². The predicted octanol–water partition coefficient (Wildman–Crippen LogP) is 2.39. The van der Waals surface area contributed by atoms with E-state index in [0.717, 1.165) is 6.08 Å². The van der Waals surface area contributed by atoms with E-state index in [1.807, 2.05) is 0 Å². The quantitative estimate of drug-likeness (QED) is 0.439. The van der Waals surface area contributed by atoms with Gasteiger partial charge in [0.15, 0.2) is 29.6 Å². The zero-order chi connectivity index (χ0) is 24.5. The Kier molecular flexibility index (Phi) is 8.16. The summed E-state index contributed by atoms with van der Waals surface area (Å²) in [6.07, 6.45) is 2.56. The molecule has 3 amide bonds. The largest absolute Gasteiger partial charge is 0.496 e. The lowest BCUT2D eigenvalue weighted by Gasteiger charge is -2.19. The number of carbonyl (C=O) groups excluding carboxylic acids is 3. The molecule has 0 spiro atoms. The molecule has 0 unspecified atom stereocenters. The first-order chi connectivity index (χ1) is 16.4. The van der Waals surface area contributed by atoms with Crippen LogP contribution in [0.1, 0.15) is 5.56 Å². The number of fused-ring (bicyclic) bond motifs is 1. The number of urea groups is 1. The number of methoxy groups -OCH3 is 3. The van der Waals surface area contributed by atoms with Crippen molar-refractivity contribution in [2.75, 3.05) is 46.5 Å². The molecular weight excluding hydrogens is 448 g/mol. The summed E-state index contributed by atoms with van der Waals surface area (Å²) in [6.45, 7) is 0.199. The van der Waals surface area contributed by atoms with Crippen molar-refractivity contribution in [1.29, 1.82) is 0 Å². The molecule has 2 N–H and O–H groups in total. The van der Waals surface area contributed by atoms with Crippen molar-refractivity contribution in [2.45, 2.75) is 0 Å². The van der Waals surface area contributed by atoms with Gasteiger partial charge in [-0.15, -0.1) is 0 Å². The van der Waals surface area contributed by atoms with Gasteiger partial charge in [-0.05, 0) is 24.3 Å². The topological polar surface area (TPSA) is 131 Å². The molecule has 2 aromatic carbocycles. The van der Waals surface area contributed by atoms with E-state index >= 15 is 0 Å². The van der Waals surface area contributed by atoms with Gasteiger partial charge in [-0.25, -0.2) is 9.59 Å². The van der Waals surface area contributed by atoms with Crippen molar-refractivity contribution >= 4 is 29.7 Å². The van der Waals surface area contributed by atoms with Crippen LogP contribution in [0.15, 0.2) is 36.4 Å². The summed E-state index contributed by atoms with van der Waals surface area (Å²) < 4.78 is 31.4. The fraction of sp³-hybridized carbons (Fsp3) is 0.261. The highest BCUT2D eigenvalue weighted by molar-refractivity contribution is 6.02. The highest BCUT2D eigenvalue weighted by Gasteiger charge is 2.15. The molecule has 0 fully saturated rings. The van der Waals surface area contributed by atoms with Crippen LogP contribution in [0.3, 0.4) is 0 Å². The normalized spacial score (nSPS) is 12.0. The Morgan fingerprint density at radius 1 is 0.912 bits per heavy atom. The highest BCUT2D eigenvalue weighted by atomic mass is 16.6. The van der Waals surface area contributed by atoms with E-state index in [1.54, 1.807) is 30.3 Å². The number of amides is 3. The Hall–Kier alpha value is -4.41. The van der Waals surface area contributed by atoms with Crippen LogP contribution in [0.4, 0.5) is 10.5 Å². The van der Waals surface area contributed by atoms with E-state index < -0.39 is 24.5 Å². The van der Waals surface area contributed by atoms with Crippen molar-refractivity contribution in [2.24, 2.45) is 0 Å². The minimum absolute atomic E-state index is 0.401. The van der Waals surface area contributed by atoms with Crippen molar-refractivity contribution in [3.63, 3.8) is 0 Å². The SMILES string of the molecule is COc1cc(OC)c(OC)cc1/C=C/C(=O)OCC(=O)NC(=O)Nc1ccc2c(c1)OCCO2. The maximum absolute atomic E-state index is 12.0. The number of carbonyl (C=O) groups is 3. The summed E-state index contributed by atoms with van der Waals surface area (Å²) in [5.74, 6) is 0.807. The van der Waals surface area contributed by atoms with Crippen molar-refractivity contribution in [3.05, 3.63) is 42.0 Å². The molecule has 0 saturated heterocycles. The van der Waals surface area contributed by atoms with Crippen LogP contribution in [0.2, 0.25) is 0 Å². The van der Waals surface area contributed by atoms with Crippen molar-refractivity contribution in [1.82, 2.24) is 5.32 Å². The molecule has 0 atom stereocenters. The van der Waals surface area contributed by atoms with Crippen LogP contribution in [0.5, 0.6) is 28.7 Å². The van der Waals surface area contributed by atoms with Crippen LogP contribution in [0, 0.1) is 0 Å². The van der Waals surface area contributed by atoms with Gasteiger partial charge < -0.3 is 33.7 Å². The lowest BCUT2D eigenvalue weighted by atomic mass is 10.1. The number of benzene rings is 2. The molecule has 11 heteroatoms. The summed E-state index contributed by atoms with van der Waals surface area (Å²) in [7, 11) is 4.44. The molecule has 0 saturated carbocycles. The minimum atomic E-state index is -0.805. The fourth-order valence-electron chi connectivity index (χ4n) is 2.97. The molecule has 0 radical (unpaired) electrons. The Morgan fingerprint density at radius 3 is 2.29 bits per heavy atom. The average Bonchev–Trinajstić information content (AvgIpc) is 2.85. The molecule has 11 nitrogen and oxygen atoms in total. The van der Waals surface area contributed by atoms with Gasteiger partial charge in [-0.3, -0.25) is 10.1 Å². The van der Waals surface area contributed by atoms with Crippen LogP contribution in [0.25, 0.3) is 6.08 Å². The molecule has 1 aliphatic rings. The molecule has 0 aromatic heterocycles. The maximum Gasteiger partial charge on any atom is 0.331 e. The molecule has 1 heterocycles. The zero-order valence-corrected chi connectivity index (χ0v) is 18.8. The number of rotatable bonds is 8. The second-order valence-corrected chi connectivity index (χ2v) is 6.75. The Morgan fingerprint density at radius 2 is 1.59 bits per heavy atom. The Labute approximate surface area is 195 Å². The van der Waals surface area contributed by atoms with Gasteiger partial charge in [0, 0.05) is 29.5 Å². The van der Waals surface area contributed by atoms with Crippen molar-refractivity contribution in [3.8, 4) is 28.7 Å². The van der Waals surface area contributed by atoms with Crippen LogP contribution in [-0.2, 0) is 14.3 Å². The third-order valence-electron chi connectivity index (χ3n) is 4.53. The third-order valence-corrected chi connectivity index (χ3v) is 4.53. The number of anilines is 1. The first-order valence-corrected chi connectivity index (χ1v) is 10.1. The van der Waals surface area contributed by atoms with Gasteiger partial charge in [-0.2, -0.15) is 0 Å². The average molecular weight is 472 g/mol. The molecular formula is C23H24N2O9. The summed E-state index contributed by atoms with van der Waals surface area (Å²) >= 11 is 0. The second kappa shape index (κ2) is 11.5. The van der Waals surface area contributed by atoms with E-state index in [4.69, 9.17) is 28.4 Å². The fourth-order valence-corrected chi connectivity index (χ4v) is 2.97. The van der Waals surface area contributed by atoms with Gasteiger partial charge in [0.2, 0.25) is 0 Å². The first-order valence-electron chi connectivity index (χ1n) is 10.1. The molecule has 2 aromatic rings. The van der Waals surface area contributed by atoms with Gasteiger partial charge >= 0.3 is 12.0 Å². The number of hydrogen-bond donors (Lipinski definition) is 2. The highest BCUT2D eigenvalue weighted by Crippen LogP contribution is 2.35. The molecule has 0 bridgehead atoms. The number of ether oxygens (including phenoxy) is 6. The molecule has 180 valence electrons. The number of nitrogens with one attached hydrogen (secondary N) is 2. The van der Waals surface area contributed by atoms with Crippen LogP contribution >= 0.6 is 0 Å². The maximum atomic E-state index is 12.0. The first kappa shape index (κ1) is 24.2. The summed E-state index contributed by atoms with van der Waals surface area (Å²) in [5, 5.41) is 4.56. The smallest absolute Gasteiger partial charge is 0.331 e. The molecule has 34 heavy (non-hydrogen) atoms. The van der Waals surface area contributed by atoms with Gasteiger partial charge in [0.05, 0.1) is 21.3 Å². The van der Waals surface area contributed by atoms with Gasteiger partial charge in [0.25, 0.3) is 5.91 Å². The second-order valence-electron chi connectivity index (χ2n) is 6.75. The van der Waals surface area contributed by atoms with Crippen LogP contribution in [-0.4, -0.2) is 59.1 Å². The number of imide groups is 1. The molecule has 0 aliphatic carbocycles. The number of esters is 1. The molecule has 3 rings (SSSR count). The lowest BCUT2D eigenvalue weighted by Crippen LogP contribution is -2.37. The standard InChI is InChI=1S/C23H24N2O9/c1-29-17-12-19(31-3)18(30-2)10-14(17)4-7-22(27)34-13-21(26)25-23(28)24-15-5-6-16-20(11-15)33-9-8-32-16/h4-7,10-12H,8-9,13H2,1-3H3,(H2,24,25,26,28)/b7-4+.